The second kappa shape index (κ2) is 4.50. The number of benzene rings is 1. The molecular formula is C11H11ClN2O2. The Labute approximate surface area is 98.6 Å². The topological polar surface area (TPSA) is 66.9 Å². The maximum atomic E-state index is 10.8. The number of rotatable bonds is 3. The van der Waals surface area contributed by atoms with E-state index in [-0.39, 0.29) is 5.69 Å². The van der Waals surface area contributed by atoms with E-state index in [1.165, 1.54) is 6.07 Å². The zero-order valence-corrected chi connectivity index (χ0v) is 9.78. The van der Waals surface area contributed by atoms with Gasteiger partial charge in [-0.2, -0.15) is 5.26 Å². The number of hydrogen-bond acceptors (Lipinski definition) is 3. The first kappa shape index (κ1) is 12.5. The van der Waals surface area contributed by atoms with Crippen LogP contribution >= 0.6 is 11.6 Å². The maximum Gasteiger partial charge on any atom is 0.274 e. The van der Waals surface area contributed by atoms with Gasteiger partial charge in [-0.25, -0.2) is 0 Å². The Morgan fingerprint density at radius 3 is 2.69 bits per heavy atom. The van der Waals surface area contributed by atoms with Gasteiger partial charge in [0.15, 0.2) is 0 Å². The van der Waals surface area contributed by atoms with E-state index in [9.17, 15) is 10.1 Å². The van der Waals surface area contributed by atoms with Gasteiger partial charge in [0.2, 0.25) is 0 Å². The van der Waals surface area contributed by atoms with Crippen LogP contribution in [0.25, 0.3) is 0 Å². The average Bonchev–Trinajstić information content (AvgIpc) is 2.20. The second-order valence-electron chi connectivity index (χ2n) is 4.20. The zero-order valence-electron chi connectivity index (χ0n) is 9.03. The Morgan fingerprint density at radius 2 is 2.19 bits per heavy atom. The Hall–Kier alpha value is -1.60. The lowest BCUT2D eigenvalue weighted by atomic mass is 9.87. The molecule has 0 aliphatic carbocycles. The number of halogens is 1. The molecule has 16 heavy (non-hydrogen) atoms. The number of nitrogens with zero attached hydrogens (tertiary/aromatic N) is 2. The van der Waals surface area contributed by atoms with Crippen molar-refractivity contribution in [3.63, 3.8) is 0 Å². The minimum absolute atomic E-state index is 0.0316. The van der Waals surface area contributed by atoms with Crippen molar-refractivity contribution in [1.29, 1.82) is 5.26 Å². The van der Waals surface area contributed by atoms with Gasteiger partial charge >= 0.3 is 0 Å². The third-order valence-electron chi connectivity index (χ3n) is 2.18. The van der Waals surface area contributed by atoms with Crippen molar-refractivity contribution in [2.75, 3.05) is 0 Å². The molecule has 1 rings (SSSR count). The van der Waals surface area contributed by atoms with Gasteiger partial charge < -0.3 is 0 Å². The summed E-state index contributed by atoms with van der Waals surface area (Å²) in [4.78, 5) is 10.3. The molecule has 0 amide bonds. The first-order valence-electron chi connectivity index (χ1n) is 4.70. The Morgan fingerprint density at radius 1 is 1.56 bits per heavy atom. The summed E-state index contributed by atoms with van der Waals surface area (Å²) in [6, 6.07) is 6.62. The number of nitro benzene ring substituents is 1. The Balaban J connectivity index is 3.15. The minimum atomic E-state index is -0.626. The second-order valence-corrected chi connectivity index (χ2v) is 4.64. The summed E-state index contributed by atoms with van der Waals surface area (Å²) in [7, 11) is 0. The lowest BCUT2D eigenvalue weighted by Crippen LogP contribution is -2.13. The fourth-order valence-electron chi connectivity index (χ4n) is 1.37. The maximum absolute atomic E-state index is 10.8. The Bertz CT molecular complexity index is 464. The molecule has 5 heteroatoms. The van der Waals surface area contributed by atoms with E-state index in [1.807, 2.05) is 0 Å². The molecule has 0 saturated heterocycles. The van der Waals surface area contributed by atoms with Gasteiger partial charge in [-0.15, -0.1) is 0 Å². The molecule has 0 heterocycles. The summed E-state index contributed by atoms with van der Waals surface area (Å²) in [5, 5.41) is 20.0. The third-order valence-corrected chi connectivity index (χ3v) is 2.41. The highest BCUT2D eigenvalue weighted by Gasteiger charge is 2.23. The van der Waals surface area contributed by atoms with E-state index in [0.717, 1.165) is 0 Å². The van der Waals surface area contributed by atoms with E-state index in [0.29, 0.717) is 17.0 Å². The van der Waals surface area contributed by atoms with E-state index in [2.05, 4.69) is 6.07 Å². The number of nitro groups is 1. The van der Waals surface area contributed by atoms with E-state index in [4.69, 9.17) is 16.9 Å². The molecule has 0 atom stereocenters. The summed E-state index contributed by atoms with van der Waals surface area (Å²) in [5.41, 5.74) is -0.129. The summed E-state index contributed by atoms with van der Waals surface area (Å²) >= 11 is 5.70. The fourth-order valence-corrected chi connectivity index (χ4v) is 1.54. The van der Waals surface area contributed by atoms with Crippen LogP contribution in [0, 0.1) is 26.9 Å². The highest BCUT2D eigenvalue weighted by Crippen LogP contribution is 2.29. The first-order chi connectivity index (χ1) is 7.35. The Kier molecular flexibility index (Phi) is 3.51. The molecule has 0 saturated carbocycles. The predicted octanol–water partition coefficient (Wildman–Crippen LogP) is 3.34. The van der Waals surface area contributed by atoms with E-state index in [1.54, 1.807) is 26.0 Å². The lowest BCUT2D eigenvalue weighted by molar-refractivity contribution is -0.385. The van der Waals surface area contributed by atoms with Crippen LogP contribution in [0.15, 0.2) is 18.2 Å². The zero-order chi connectivity index (χ0) is 12.3. The van der Waals surface area contributed by atoms with Crippen molar-refractivity contribution in [1.82, 2.24) is 0 Å². The van der Waals surface area contributed by atoms with Crippen molar-refractivity contribution < 1.29 is 4.92 Å². The van der Waals surface area contributed by atoms with Gasteiger partial charge in [0, 0.05) is 16.7 Å². The quantitative estimate of drug-likeness (QED) is 0.599. The molecular weight excluding hydrogens is 228 g/mol. The van der Waals surface area contributed by atoms with Crippen LogP contribution in [-0.2, 0) is 6.42 Å². The SMILES string of the molecule is CC(C)(C#N)Cc1ccc(Cl)cc1[N+](=O)[O-]. The van der Waals surface area contributed by atoms with Crippen molar-refractivity contribution in [2.24, 2.45) is 5.41 Å². The van der Waals surface area contributed by atoms with Crippen LogP contribution in [-0.4, -0.2) is 4.92 Å². The lowest BCUT2D eigenvalue weighted by Gasteiger charge is -2.14. The standard InChI is InChI=1S/C11H11ClN2O2/c1-11(2,7-13)6-8-3-4-9(12)5-10(8)14(15)16/h3-5H,6H2,1-2H3. The van der Waals surface area contributed by atoms with E-state index >= 15 is 0 Å². The van der Waals surface area contributed by atoms with Crippen LogP contribution < -0.4 is 0 Å². The molecule has 0 aliphatic heterocycles. The normalized spacial score (nSPS) is 10.9. The van der Waals surface area contributed by atoms with Crippen molar-refractivity contribution in [3.8, 4) is 6.07 Å². The van der Waals surface area contributed by atoms with Gasteiger partial charge in [0.05, 0.1) is 16.4 Å². The van der Waals surface area contributed by atoms with Crippen molar-refractivity contribution >= 4 is 17.3 Å². The molecule has 1 aromatic rings. The molecule has 0 radical (unpaired) electrons. The van der Waals surface area contributed by atoms with Gasteiger partial charge in [0.25, 0.3) is 5.69 Å². The van der Waals surface area contributed by atoms with Crippen LogP contribution in [0.4, 0.5) is 5.69 Å². The van der Waals surface area contributed by atoms with Gasteiger partial charge in [-0.3, -0.25) is 10.1 Å². The van der Waals surface area contributed by atoms with E-state index < -0.39 is 10.3 Å². The summed E-state index contributed by atoms with van der Waals surface area (Å²) in [6.45, 7) is 3.48. The minimum Gasteiger partial charge on any atom is -0.258 e. The van der Waals surface area contributed by atoms with Crippen molar-refractivity contribution in [3.05, 3.63) is 38.9 Å². The smallest absolute Gasteiger partial charge is 0.258 e. The van der Waals surface area contributed by atoms with Gasteiger partial charge in [-0.05, 0) is 26.3 Å². The number of hydrogen-bond donors (Lipinski definition) is 0. The monoisotopic (exact) mass is 238 g/mol. The highest BCUT2D eigenvalue weighted by atomic mass is 35.5. The molecule has 0 bridgehead atoms. The van der Waals surface area contributed by atoms with Gasteiger partial charge in [-0.1, -0.05) is 17.7 Å². The summed E-state index contributed by atoms with van der Waals surface area (Å²) < 4.78 is 0. The fraction of sp³-hybridized carbons (Fsp3) is 0.364. The molecule has 1 aromatic carbocycles. The predicted molar refractivity (Wildman–Crippen MR) is 61.2 cm³/mol. The third kappa shape index (κ3) is 2.94. The summed E-state index contributed by atoms with van der Waals surface area (Å²) in [5.74, 6) is 0. The van der Waals surface area contributed by atoms with Gasteiger partial charge in [0.1, 0.15) is 0 Å². The van der Waals surface area contributed by atoms with Crippen LogP contribution in [0.2, 0.25) is 5.02 Å². The average molecular weight is 239 g/mol. The molecule has 0 spiro atoms. The first-order valence-corrected chi connectivity index (χ1v) is 5.07. The number of nitriles is 1. The van der Waals surface area contributed by atoms with Crippen molar-refractivity contribution in [2.45, 2.75) is 20.3 Å². The molecule has 0 aliphatic rings. The molecule has 0 aromatic heterocycles. The van der Waals surface area contributed by atoms with Crippen LogP contribution in [0.5, 0.6) is 0 Å². The highest BCUT2D eigenvalue weighted by molar-refractivity contribution is 6.30. The molecule has 0 fully saturated rings. The summed E-state index contributed by atoms with van der Waals surface area (Å²) in [6.07, 6.45) is 0.330. The van der Waals surface area contributed by atoms with Crippen LogP contribution in [0.3, 0.4) is 0 Å². The largest absolute Gasteiger partial charge is 0.274 e. The van der Waals surface area contributed by atoms with Crippen LogP contribution in [0.1, 0.15) is 19.4 Å². The molecule has 4 nitrogen and oxygen atoms in total. The molecule has 0 unspecified atom stereocenters. The molecule has 0 N–H and O–H groups in total. The molecule has 84 valence electrons.